The maximum Gasteiger partial charge on any atom is 0.308 e. The van der Waals surface area contributed by atoms with E-state index in [1.54, 1.807) is 23.1 Å². The second-order valence-corrected chi connectivity index (χ2v) is 8.57. The van der Waals surface area contributed by atoms with Crippen molar-refractivity contribution >= 4 is 23.3 Å². The third kappa shape index (κ3) is 3.66. The normalized spacial score (nSPS) is 26.4. The van der Waals surface area contributed by atoms with Gasteiger partial charge in [0.05, 0.1) is 10.8 Å². The van der Waals surface area contributed by atoms with Crippen molar-refractivity contribution in [2.24, 2.45) is 11.3 Å². The molecule has 2 unspecified atom stereocenters. The maximum absolute atomic E-state index is 13.2. The van der Waals surface area contributed by atoms with Crippen LogP contribution in [-0.2, 0) is 9.59 Å². The van der Waals surface area contributed by atoms with Crippen LogP contribution in [-0.4, -0.2) is 77.5 Å². The van der Waals surface area contributed by atoms with Crippen molar-refractivity contribution in [2.75, 3.05) is 44.7 Å². The number of piperazine rings is 1. The number of piperidine rings is 1. The predicted octanol–water partition coefficient (Wildman–Crippen LogP) is 1.43. The first-order valence-electron chi connectivity index (χ1n) is 10.0. The number of para-hydroxylation sites is 2. The minimum absolute atomic E-state index is 0.0555. The highest BCUT2D eigenvalue weighted by Gasteiger charge is 2.55. The zero-order valence-corrected chi connectivity index (χ0v) is 16.5. The van der Waals surface area contributed by atoms with E-state index in [2.05, 4.69) is 0 Å². The zero-order valence-electron chi connectivity index (χ0n) is 16.5. The van der Waals surface area contributed by atoms with Gasteiger partial charge < -0.3 is 14.9 Å². The van der Waals surface area contributed by atoms with E-state index in [1.807, 2.05) is 16.8 Å². The number of nitrogens with zero attached hydrogens (tertiary/aromatic N) is 4. The van der Waals surface area contributed by atoms with E-state index in [9.17, 15) is 24.8 Å². The first-order valence-corrected chi connectivity index (χ1v) is 10.0. The van der Waals surface area contributed by atoms with E-state index in [4.69, 9.17) is 0 Å². The second kappa shape index (κ2) is 7.29. The number of nitro groups is 1. The monoisotopic (exact) mass is 402 g/mol. The number of anilines is 1. The molecule has 0 bridgehead atoms. The average molecular weight is 402 g/mol. The number of carboxylic acid groups (broad SMARTS) is 1. The summed E-state index contributed by atoms with van der Waals surface area (Å²) in [6.07, 6.45) is 2.65. The van der Waals surface area contributed by atoms with Gasteiger partial charge in [-0.2, -0.15) is 0 Å². The van der Waals surface area contributed by atoms with Gasteiger partial charge >= 0.3 is 5.97 Å². The maximum atomic E-state index is 13.2. The Hall–Kier alpha value is -2.68. The minimum atomic E-state index is -0.903. The van der Waals surface area contributed by atoms with Crippen molar-refractivity contribution in [2.45, 2.75) is 25.3 Å². The van der Waals surface area contributed by atoms with Gasteiger partial charge in [-0.15, -0.1) is 0 Å². The molecule has 2 aliphatic heterocycles. The number of carbonyl (C=O) groups is 2. The molecule has 9 nitrogen and oxygen atoms in total. The highest BCUT2D eigenvalue weighted by molar-refractivity contribution is 5.88. The van der Waals surface area contributed by atoms with Gasteiger partial charge in [-0.1, -0.05) is 12.1 Å². The molecule has 1 saturated carbocycles. The van der Waals surface area contributed by atoms with Gasteiger partial charge in [0, 0.05) is 38.8 Å². The molecule has 0 aromatic heterocycles. The molecule has 1 N–H and O–H groups in total. The summed E-state index contributed by atoms with van der Waals surface area (Å²) in [6, 6.07) is 5.96. The Morgan fingerprint density at radius 2 is 1.83 bits per heavy atom. The number of aliphatic carboxylic acids is 1. The number of nitro benzene ring substituents is 1. The molecule has 0 radical (unpaired) electrons. The van der Waals surface area contributed by atoms with Crippen LogP contribution in [0.1, 0.15) is 19.3 Å². The van der Waals surface area contributed by atoms with Crippen LogP contribution in [0.5, 0.6) is 0 Å². The molecule has 4 rings (SSSR count). The molecule has 2 heterocycles. The van der Waals surface area contributed by atoms with Crippen LogP contribution in [0.25, 0.3) is 0 Å². The lowest BCUT2D eigenvalue weighted by atomic mass is 9.80. The molecule has 1 spiro atoms. The van der Waals surface area contributed by atoms with Crippen LogP contribution in [0, 0.1) is 21.4 Å². The lowest BCUT2D eigenvalue weighted by Crippen LogP contribution is -2.60. The van der Waals surface area contributed by atoms with Crippen molar-refractivity contribution in [1.82, 2.24) is 9.80 Å². The summed E-state index contributed by atoms with van der Waals surface area (Å²) in [5, 5.41) is 21.0. The smallest absolute Gasteiger partial charge is 0.308 e. The fourth-order valence-electron chi connectivity index (χ4n) is 4.94. The van der Waals surface area contributed by atoms with Gasteiger partial charge in [-0.25, -0.2) is 0 Å². The molecule has 1 aromatic rings. The Bertz CT molecular complexity index is 832. The molecule has 1 aromatic carbocycles. The minimum Gasteiger partial charge on any atom is -0.481 e. The quantitative estimate of drug-likeness (QED) is 0.600. The number of likely N-dealkylation sites (N-methyl/N-ethyl adjacent to an activating group) is 1. The average Bonchev–Trinajstić information content (AvgIpc) is 3.45. The number of hydrogen-bond donors (Lipinski definition) is 1. The summed E-state index contributed by atoms with van der Waals surface area (Å²) >= 11 is 0. The fourth-order valence-corrected chi connectivity index (χ4v) is 4.94. The van der Waals surface area contributed by atoms with Crippen molar-refractivity contribution < 1.29 is 19.6 Å². The first kappa shape index (κ1) is 19.6. The Morgan fingerprint density at radius 3 is 2.41 bits per heavy atom. The van der Waals surface area contributed by atoms with E-state index >= 15 is 0 Å². The Morgan fingerprint density at radius 1 is 1.17 bits per heavy atom. The topological polar surface area (TPSA) is 107 Å². The highest BCUT2D eigenvalue weighted by Crippen LogP contribution is 2.54. The molecular formula is C20H26N4O5. The predicted molar refractivity (Wildman–Crippen MR) is 106 cm³/mol. The van der Waals surface area contributed by atoms with Gasteiger partial charge in [-0.3, -0.25) is 24.6 Å². The number of hydrogen-bond acceptors (Lipinski definition) is 6. The molecule has 9 heteroatoms. The number of likely N-dealkylation sites (tertiary alicyclic amines) is 1. The largest absolute Gasteiger partial charge is 0.481 e. The Balaban J connectivity index is 1.45. The van der Waals surface area contributed by atoms with Crippen LogP contribution in [0.15, 0.2) is 24.3 Å². The van der Waals surface area contributed by atoms with Crippen LogP contribution in [0.3, 0.4) is 0 Å². The molecule has 1 aliphatic carbocycles. The molecule has 2 saturated heterocycles. The number of benzene rings is 1. The van der Waals surface area contributed by atoms with E-state index in [-0.39, 0.29) is 17.0 Å². The molecular weight excluding hydrogens is 376 g/mol. The van der Waals surface area contributed by atoms with Gasteiger partial charge in [0.1, 0.15) is 11.7 Å². The molecule has 3 aliphatic rings. The lowest BCUT2D eigenvalue weighted by Gasteiger charge is -2.44. The zero-order chi connectivity index (χ0) is 20.8. The van der Waals surface area contributed by atoms with Crippen LogP contribution in [0.4, 0.5) is 11.4 Å². The summed E-state index contributed by atoms with van der Waals surface area (Å²) in [5.74, 6) is -1.73. The summed E-state index contributed by atoms with van der Waals surface area (Å²) in [4.78, 5) is 41.6. The van der Waals surface area contributed by atoms with E-state index in [0.29, 0.717) is 38.3 Å². The second-order valence-electron chi connectivity index (χ2n) is 8.57. The van der Waals surface area contributed by atoms with Crippen molar-refractivity contribution in [3.05, 3.63) is 34.4 Å². The standard InChI is InChI=1S/C20H26N4O5/c1-21-13-20(6-7-20)12-14(19(26)27)17(21)18(25)23-10-8-22(9-11-23)15-4-2-3-5-16(15)24(28)29/h2-5,14,17H,6-13H2,1H3,(H,26,27). The molecule has 29 heavy (non-hydrogen) atoms. The third-order valence-electron chi connectivity index (χ3n) is 6.63. The van der Waals surface area contributed by atoms with Gasteiger partial charge in [-0.05, 0) is 37.8 Å². The van der Waals surface area contributed by atoms with Crippen molar-refractivity contribution in [3.63, 3.8) is 0 Å². The summed E-state index contributed by atoms with van der Waals surface area (Å²) < 4.78 is 0. The number of carbonyl (C=O) groups excluding carboxylic acids is 1. The number of amides is 1. The van der Waals surface area contributed by atoms with Gasteiger partial charge in [0.15, 0.2) is 0 Å². The fraction of sp³-hybridized carbons (Fsp3) is 0.600. The summed E-state index contributed by atoms with van der Waals surface area (Å²) in [6.45, 7) is 2.58. The molecule has 2 atom stereocenters. The lowest BCUT2D eigenvalue weighted by molar-refractivity contribution is -0.384. The summed E-state index contributed by atoms with van der Waals surface area (Å²) in [7, 11) is 1.85. The van der Waals surface area contributed by atoms with Gasteiger partial charge in [0.25, 0.3) is 5.69 Å². The Labute approximate surface area is 169 Å². The van der Waals surface area contributed by atoms with E-state index in [1.165, 1.54) is 6.07 Å². The SMILES string of the molecule is CN1CC2(CC2)CC(C(=O)O)C1C(=O)N1CCN(c2ccccc2[N+](=O)[O-])CC1. The highest BCUT2D eigenvalue weighted by atomic mass is 16.6. The number of rotatable bonds is 4. The molecule has 1 amide bonds. The third-order valence-corrected chi connectivity index (χ3v) is 6.63. The molecule has 156 valence electrons. The van der Waals surface area contributed by atoms with E-state index in [0.717, 1.165) is 19.4 Å². The van der Waals surface area contributed by atoms with Crippen molar-refractivity contribution in [1.29, 1.82) is 0 Å². The molecule has 3 fully saturated rings. The number of carboxylic acids is 1. The van der Waals surface area contributed by atoms with Crippen LogP contribution in [0.2, 0.25) is 0 Å². The van der Waals surface area contributed by atoms with Crippen LogP contribution < -0.4 is 4.90 Å². The first-order chi connectivity index (χ1) is 13.8. The van der Waals surface area contributed by atoms with Gasteiger partial charge in [0.2, 0.25) is 5.91 Å². The van der Waals surface area contributed by atoms with E-state index < -0.39 is 22.9 Å². The summed E-state index contributed by atoms with van der Waals surface area (Å²) in [5.41, 5.74) is 0.693. The van der Waals surface area contributed by atoms with Crippen LogP contribution >= 0.6 is 0 Å². The Kier molecular flexibility index (Phi) is 4.94. The van der Waals surface area contributed by atoms with Crippen molar-refractivity contribution in [3.8, 4) is 0 Å².